The summed E-state index contributed by atoms with van der Waals surface area (Å²) >= 11 is 6.33. The summed E-state index contributed by atoms with van der Waals surface area (Å²) in [6.45, 7) is 26.8. The third-order valence-corrected chi connectivity index (χ3v) is 0. The van der Waals surface area contributed by atoms with Crippen LogP contribution < -0.4 is 0 Å². The van der Waals surface area contributed by atoms with Crippen molar-refractivity contribution in [2.24, 2.45) is 0 Å². The van der Waals surface area contributed by atoms with Crippen molar-refractivity contribution in [1.29, 1.82) is 0 Å². The van der Waals surface area contributed by atoms with Crippen LogP contribution in [0, 0.1) is 0 Å². The second kappa shape index (κ2) is 33.1. The van der Waals surface area contributed by atoms with E-state index in [-0.39, 0.29) is 14.5 Å². The van der Waals surface area contributed by atoms with Gasteiger partial charge in [-0.1, -0.05) is 0 Å². The summed E-state index contributed by atoms with van der Waals surface area (Å²) in [5.41, 5.74) is 0. The molecular weight excluding hydrogens is 612 g/mol. The predicted molar refractivity (Wildman–Crippen MR) is 117 cm³/mol. The minimum atomic E-state index is -0.125. The fourth-order valence-electron chi connectivity index (χ4n) is 0. The molecule has 0 atom stereocenters. The molecule has 0 aliphatic rings. The second-order valence-corrected chi connectivity index (χ2v) is 29.0. The van der Waals surface area contributed by atoms with Crippen LogP contribution in [0.1, 0.15) is 0 Å². The molecule has 0 radical (unpaired) electrons. The Labute approximate surface area is 151 Å². The van der Waals surface area contributed by atoms with Gasteiger partial charge in [-0.05, 0) is 80.0 Å². The molecule has 0 amide bonds. The maximum absolute atomic E-state index is 3.23. The molecule has 0 N–H and O–H groups in total. The van der Waals surface area contributed by atoms with Crippen molar-refractivity contribution >= 4 is 58.3 Å². The van der Waals surface area contributed by atoms with E-state index in [0.29, 0.717) is 31.7 Å². The Morgan fingerprint density at radius 1 is 0.421 bits per heavy atom. The SMILES string of the molecule is CP(C)C.CP(C)C.CP(C)C.CP(C)C.[Br][W][Br]. The molecule has 0 rings (SSSR count). The second-order valence-electron chi connectivity index (χ2n) is 5.42. The van der Waals surface area contributed by atoms with Gasteiger partial charge in [0.1, 0.15) is 0 Å². The first kappa shape index (κ1) is 33.9. The van der Waals surface area contributed by atoms with Gasteiger partial charge in [0.25, 0.3) is 0 Å². The molecule has 0 aliphatic heterocycles. The summed E-state index contributed by atoms with van der Waals surface area (Å²) < 4.78 is 0. The zero-order valence-electron chi connectivity index (χ0n) is 15.0. The Balaban J connectivity index is -0.0000000432. The Kier molecular flexibility index (Phi) is 59.0. The molecule has 0 unspecified atom stereocenters. The van der Waals surface area contributed by atoms with Crippen LogP contribution in [-0.2, 0) is 14.5 Å². The standard InChI is InChI=1S/4C3H9P.2BrH.W/c4*1-4(2)3;;;/h4*1-3H3;2*1H;/q;;;;;;+2/p-2. The van der Waals surface area contributed by atoms with E-state index >= 15 is 0 Å². The van der Waals surface area contributed by atoms with Gasteiger partial charge in [0.05, 0.1) is 0 Å². The number of rotatable bonds is 0. The van der Waals surface area contributed by atoms with Crippen molar-refractivity contribution in [2.45, 2.75) is 0 Å². The van der Waals surface area contributed by atoms with Gasteiger partial charge in [-0.25, -0.2) is 0 Å². The summed E-state index contributed by atoms with van der Waals surface area (Å²) in [6.07, 6.45) is 0. The quantitative estimate of drug-likeness (QED) is 0.246. The van der Waals surface area contributed by atoms with Gasteiger partial charge < -0.3 is 0 Å². The van der Waals surface area contributed by atoms with Gasteiger partial charge in [0.2, 0.25) is 0 Å². The molecule has 0 aromatic rings. The van der Waals surface area contributed by atoms with E-state index in [4.69, 9.17) is 0 Å². The molecule has 0 fully saturated rings. The van der Waals surface area contributed by atoms with Crippen LogP contribution >= 0.6 is 58.3 Å². The fourth-order valence-corrected chi connectivity index (χ4v) is 0. The van der Waals surface area contributed by atoms with Gasteiger partial charge in [-0.15, -0.1) is 31.7 Å². The van der Waals surface area contributed by atoms with Crippen molar-refractivity contribution in [1.82, 2.24) is 0 Å². The molecule has 0 aromatic heterocycles. The number of hydrogen-bond acceptors (Lipinski definition) is 0. The van der Waals surface area contributed by atoms with Gasteiger partial charge >= 0.3 is 41.0 Å². The molecule has 0 nitrogen and oxygen atoms in total. The molecular formula is C12H36Br2P4W. The molecule has 0 saturated heterocycles. The molecule has 0 bridgehead atoms. The summed E-state index contributed by atoms with van der Waals surface area (Å²) in [6, 6.07) is 0. The first-order chi connectivity index (χ1) is 8.34. The molecule has 0 aliphatic carbocycles. The molecule has 7 heteroatoms. The normalized spacial score (nSPS) is 8.53. The van der Waals surface area contributed by atoms with E-state index in [1.54, 1.807) is 0 Å². The van der Waals surface area contributed by atoms with Crippen LogP contribution in [0.15, 0.2) is 0 Å². The van der Waals surface area contributed by atoms with Gasteiger partial charge in [0, 0.05) is 0 Å². The number of hydrogen-bond donors (Lipinski definition) is 0. The zero-order chi connectivity index (χ0) is 17.0. The van der Waals surface area contributed by atoms with Crippen molar-refractivity contribution in [3.63, 3.8) is 0 Å². The van der Waals surface area contributed by atoms with E-state index in [1.165, 1.54) is 0 Å². The molecule has 0 saturated carbocycles. The fraction of sp³-hybridized carbons (Fsp3) is 1.00. The van der Waals surface area contributed by atoms with E-state index < -0.39 is 0 Å². The van der Waals surface area contributed by atoms with E-state index in [2.05, 4.69) is 107 Å². The molecule has 0 aromatic carbocycles. The maximum atomic E-state index is 3.23. The van der Waals surface area contributed by atoms with Gasteiger partial charge in [-0.2, -0.15) is 0 Å². The van der Waals surface area contributed by atoms with Crippen LogP contribution in [0.3, 0.4) is 0 Å². The third-order valence-electron chi connectivity index (χ3n) is 0. The summed E-state index contributed by atoms with van der Waals surface area (Å²) in [4.78, 5) is 0. The van der Waals surface area contributed by atoms with Crippen molar-refractivity contribution in [2.75, 3.05) is 80.0 Å². The molecule has 124 valence electrons. The summed E-state index contributed by atoms with van der Waals surface area (Å²) in [7, 11) is 1.52. The third kappa shape index (κ3) is 707. The topological polar surface area (TPSA) is 0 Å². The van der Waals surface area contributed by atoms with E-state index in [0.717, 1.165) is 0 Å². The first-order valence-electron chi connectivity index (χ1n) is 5.68. The molecule has 0 heterocycles. The predicted octanol–water partition coefficient (Wildman–Crippen LogP) is 7.12. The van der Waals surface area contributed by atoms with Gasteiger partial charge in [-0.3, -0.25) is 0 Å². The molecule has 0 spiro atoms. The van der Waals surface area contributed by atoms with Crippen molar-refractivity contribution in [3.05, 3.63) is 0 Å². The Morgan fingerprint density at radius 2 is 0.421 bits per heavy atom. The number of halogens is 2. The average Bonchev–Trinajstić information content (AvgIpc) is 1.97. The monoisotopic (exact) mass is 646 g/mol. The van der Waals surface area contributed by atoms with Crippen LogP contribution in [0.25, 0.3) is 0 Å². The van der Waals surface area contributed by atoms with Crippen LogP contribution in [0.5, 0.6) is 0 Å². The molecule has 19 heavy (non-hydrogen) atoms. The average molecular weight is 648 g/mol. The van der Waals surface area contributed by atoms with Gasteiger partial charge in [0.15, 0.2) is 0 Å². The Hall–Kier alpha value is 3.37. The first-order valence-corrected chi connectivity index (χ1v) is 29.2. The zero-order valence-corrected chi connectivity index (χ0v) is 24.6. The van der Waals surface area contributed by atoms with Crippen molar-refractivity contribution < 1.29 is 14.5 Å². The Morgan fingerprint density at radius 3 is 0.421 bits per heavy atom. The van der Waals surface area contributed by atoms with Crippen LogP contribution in [-0.4, -0.2) is 80.0 Å². The Bertz CT molecular complexity index is 80.9. The van der Waals surface area contributed by atoms with Crippen molar-refractivity contribution in [3.8, 4) is 0 Å². The summed E-state index contributed by atoms with van der Waals surface area (Å²) in [5, 5.41) is 0. The van der Waals surface area contributed by atoms with E-state index in [9.17, 15) is 0 Å². The van der Waals surface area contributed by atoms with Crippen LogP contribution in [0.4, 0.5) is 0 Å². The minimum absolute atomic E-state index is 0.125. The van der Waals surface area contributed by atoms with E-state index in [1.807, 2.05) is 0 Å². The van der Waals surface area contributed by atoms with Crippen LogP contribution in [0.2, 0.25) is 0 Å². The summed E-state index contributed by atoms with van der Waals surface area (Å²) in [5.74, 6) is 0.